The van der Waals surface area contributed by atoms with E-state index in [4.69, 9.17) is 5.11 Å². The number of aliphatic hydroxyl groups excluding tert-OH is 1. The van der Waals surface area contributed by atoms with Crippen molar-refractivity contribution in [1.29, 1.82) is 0 Å². The van der Waals surface area contributed by atoms with Crippen molar-refractivity contribution >= 4 is 0 Å². The normalized spacial score (nSPS) is 41.6. The van der Waals surface area contributed by atoms with Crippen molar-refractivity contribution in [2.24, 2.45) is 29.1 Å². The van der Waals surface area contributed by atoms with Gasteiger partial charge in [-0.2, -0.15) is 0 Å². The van der Waals surface area contributed by atoms with Crippen molar-refractivity contribution in [1.82, 2.24) is 0 Å². The van der Waals surface area contributed by atoms with Crippen molar-refractivity contribution in [3.8, 4) is 0 Å². The van der Waals surface area contributed by atoms with Crippen LogP contribution in [0.1, 0.15) is 46.5 Å². The van der Waals surface area contributed by atoms with E-state index in [0.29, 0.717) is 17.9 Å². The maximum absolute atomic E-state index is 9.09. The van der Waals surface area contributed by atoms with Crippen molar-refractivity contribution in [3.05, 3.63) is 0 Å². The molecule has 0 amide bonds. The molecule has 0 radical (unpaired) electrons. The summed E-state index contributed by atoms with van der Waals surface area (Å²) >= 11 is 0. The highest BCUT2D eigenvalue weighted by atomic mass is 16.3. The maximum Gasteiger partial charge on any atom is 0.0456 e. The molecule has 3 rings (SSSR count). The zero-order valence-electron chi connectivity index (χ0n) is 9.79. The molecule has 3 aliphatic carbocycles. The molecule has 0 aromatic rings. The largest absolute Gasteiger partial charge is 0.396 e. The fraction of sp³-hybridized carbons (Fsp3) is 1.00. The second-order valence-corrected chi connectivity index (χ2v) is 6.22. The first kappa shape index (κ1) is 10.5. The molecule has 4 unspecified atom stereocenters. The summed E-state index contributed by atoms with van der Waals surface area (Å²) in [4.78, 5) is 0. The minimum Gasteiger partial charge on any atom is -0.396 e. The standard InChI is InChI=1S/C13H24O/c1-9(8-14)6-10-4-5-11-7-12(10)13(11,2)3/h9-12,14H,4-8H2,1-3H3. The van der Waals surface area contributed by atoms with Crippen LogP contribution in [0.5, 0.6) is 0 Å². The van der Waals surface area contributed by atoms with Gasteiger partial charge in [-0.05, 0) is 54.8 Å². The molecule has 1 N–H and O–H groups in total. The van der Waals surface area contributed by atoms with Crippen LogP contribution in [-0.2, 0) is 0 Å². The Balaban J connectivity index is 1.94. The van der Waals surface area contributed by atoms with Gasteiger partial charge in [0.05, 0.1) is 0 Å². The van der Waals surface area contributed by atoms with Crippen LogP contribution in [0.4, 0.5) is 0 Å². The first-order valence-corrected chi connectivity index (χ1v) is 6.16. The molecule has 3 fully saturated rings. The Labute approximate surface area is 87.9 Å². The van der Waals surface area contributed by atoms with Crippen LogP contribution in [0.25, 0.3) is 0 Å². The number of hydrogen-bond donors (Lipinski definition) is 1. The van der Waals surface area contributed by atoms with E-state index in [2.05, 4.69) is 20.8 Å². The summed E-state index contributed by atoms with van der Waals surface area (Å²) < 4.78 is 0. The molecule has 1 heteroatoms. The first-order valence-electron chi connectivity index (χ1n) is 6.16. The van der Waals surface area contributed by atoms with E-state index < -0.39 is 0 Å². The van der Waals surface area contributed by atoms with E-state index >= 15 is 0 Å². The molecule has 0 heterocycles. The predicted octanol–water partition coefficient (Wildman–Crippen LogP) is 3.08. The summed E-state index contributed by atoms with van der Waals surface area (Å²) in [6, 6.07) is 0. The van der Waals surface area contributed by atoms with Gasteiger partial charge >= 0.3 is 0 Å². The second kappa shape index (κ2) is 3.52. The quantitative estimate of drug-likeness (QED) is 0.735. The molecule has 0 aromatic carbocycles. The van der Waals surface area contributed by atoms with E-state index in [9.17, 15) is 0 Å². The fourth-order valence-electron chi connectivity index (χ4n) is 3.84. The third kappa shape index (κ3) is 1.50. The molecular weight excluding hydrogens is 172 g/mol. The number of hydrogen-bond acceptors (Lipinski definition) is 1. The molecule has 82 valence electrons. The lowest BCUT2D eigenvalue weighted by Gasteiger charge is -2.60. The zero-order valence-corrected chi connectivity index (χ0v) is 9.79. The summed E-state index contributed by atoms with van der Waals surface area (Å²) in [5.41, 5.74) is 0.609. The minimum atomic E-state index is 0.368. The smallest absolute Gasteiger partial charge is 0.0456 e. The summed E-state index contributed by atoms with van der Waals surface area (Å²) in [6.07, 6.45) is 5.57. The Morgan fingerprint density at radius 3 is 2.57 bits per heavy atom. The van der Waals surface area contributed by atoms with E-state index in [0.717, 1.165) is 17.8 Å². The number of rotatable bonds is 3. The van der Waals surface area contributed by atoms with Gasteiger partial charge in [0.25, 0.3) is 0 Å². The first-order chi connectivity index (χ1) is 6.55. The minimum absolute atomic E-state index is 0.368. The van der Waals surface area contributed by atoms with Crippen molar-refractivity contribution < 1.29 is 5.11 Å². The number of fused-ring (bicyclic) bond motifs is 2. The highest BCUT2D eigenvalue weighted by molar-refractivity contribution is 5.03. The van der Waals surface area contributed by atoms with E-state index in [1.807, 2.05) is 0 Å². The highest BCUT2D eigenvalue weighted by Crippen LogP contribution is 2.62. The summed E-state index contributed by atoms with van der Waals surface area (Å²) in [5.74, 6) is 3.37. The molecule has 3 aliphatic rings. The fourth-order valence-corrected chi connectivity index (χ4v) is 3.84. The lowest BCUT2D eigenvalue weighted by atomic mass is 9.45. The molecule has 0 spiro atoms. The highest BCUT2D eigenvalue weighted by Gasteiger charge is 2.53. The van der Waals surface area contributed by atoms with Gasteiger partial charge in [0.1, 0.15) is 0 Å². The van der Waals surface area contributed by atoms with Gasteiger partial charge in [-0.15, -0.1) is 0 Å². The molecule has 0 aliphatic heterocycles. The van der Waals surface area contributed by atoms with Gasteiger partial charge in [-0.25, -0.2) is 0 Å². The van der Waals surface area contributed by atoms with Gasteiger partial charge < -0.3 is 5.11 Å². The third-order valence-corrected chi connectivity index (χ3v) is 5.02. The van der Waals surface area contributed by atoms with Gasteiger partial charge in [-0.3, -0.25) is 0 Å². The zero-order chi connectivity index (χ0) is 10.3. The molecule has 2 bridgehead atoms. The Hall–Kier alpha value is -0.0400. The van der Waals surface area contributed by atoms with Crippen LogP contribution in [0.2, 0.25) is 0 Å². The molecule has 1 nitrogen and oxygen atoms in total. The van der Waals surface area contributed by atoms with Crippen LogP contribution in [0.3, 0.4) is 0 Å². The average molecular weight is 196 g/mol. The monoisotopic (exact) mass is 196 g/mol. The lowest BCUT2D eigenvalue weighted by Crippen LogP contribution is -2.52. The van der Waals surface area contributed by atoms with Crippen LogP contribution in [0, 0.1) is 29.1 Å². The van der Waals surface area contributed by atoms with Gasteiger partial charge in [-0.1, -0.05) is 20.8 Å². The third-order valence-electron chi connectivity index (χ3n) is 5.02. The van der Waals surface area contributed by atoms with E-state index in [1.165, 1.54) is 25.7 Å². The summed E-state index contributed by atoms with van der Waals surface area (Å²) in [6.45, 7) is 7.44. The lowest BCUT2D eigenvalue weighted by molar-refractivity contribution is -0.111. The Bertz CT molecular complexity index is 207. The predicted molar refractivity (Wildman–Crippen MR) is 59.0 cm³/mol. The Morgan fingerprint density at radius 2 is 2.07 bits per heavy atom. The Morgan fingerprint density at radius 1 is 1.36 bits per heavy atom. The molecule has 3 saturated carbocycles. The van der Waals surface area contributed by atoms with Crippen LogP contribution in [-0.4, -0.2) is 11.7 Å². The average Bonchev–Trinajstić information content (AvgIpc) is 2.17. The van der Waals surface area contributed by atoms with E-state index in [1.54, 1.807) is 0 Å². The van der Waals surface area contributed by atoms with Gasteiger partial charge in [0, 0.05) is 6.61 Å². The molecule has 14 heavy (non-hydrogen) atoms. The molecular formula is C13H24O. The SMILES string of the molecule is CC(CO)CC1CCC2CC1C2(C)C. The molecule has 4 atom stereocenters. The summed E-state index contributed by atoms with van der Waals surface area (Å²) in [5, 5.41) is 9.09. The van der Waals surface area contributed by atoms with Gasteiger partial charge in [0.2, 0.25) is 0 Å². The topological polar surface area (TPSA) is 20.2 Å². The maximum atomic E-state index is 9.09. The number of aliphatic hydroxyl groups is 1. The van der Waals surface area contributed by atoms with Crippen LogP contribution in [0.15, 0.2) is 0 Å². The second-order valence-electron chi connectivity index (χ2n) is 6.22. The van der Waals surface area contributed by atoms with Gasteiger partial charge in [0.15, 0.2) is 0 Å². The van der Waals surface area contributed by atoms with Crippen molar-refractivity contribution in [2.45, 2.75) is 46.5 Å². The van der Waals surface area contributed by atoms with E-state index in [-0.39, 0.29) is 0 Å². The summed E-state index contributed by atoms with van der Waals surface area (Å²) in [7, 11) is 0. The Kier molecular flexibility index (Phi) is 2.63. The van der Waals surface area contributed by atoms with Crippen LogP contribution >= 0.6 is 0 Å². The van der Waals surface area contributed by atoms with Crippen molar-refractivity contribution in [3.63, 3.8) is 0 Å². The molecule has 0 aromatic heterocycles. The van der Waals surface area contributed by atoms with Crippen molar-refractivity contribution in [2.75, 3.05) is 6.61 Å². The molecule has 0 saturated heterocycles. The van der Waals surface area contributed by atoms with Crippen LogP contribution < -0.4 is 0 Å².